The molecule has 1 fully saturated rings. The summed E-state index contributed by atoms with van der Waals surface area (Å²) in [6.45, 7) is -0.310. The van der Waals surface area contributed by atoms with Gasteiger partial charge in [-0.1, -0.05) is 23.7 Å². The van der Waals surface area contributed by atoms with Gasteiger partial charge in [-0.2, -0.15) is 0 Å². The van der Waals surface area contributed by atoms with Gasteiger partial charge in [0.15, 0.2) is 6.61 Å². The van der Waals surface area contributed by atoms with E-state index < -0.39 is 28.5 Å². The monoisotopic (exact) mass is 436 g/mol. The molecule has 1 N–H and O–H groups in total. The molecule has 1 aliphatic rings. The van der Waals surface area contributed by atoms with Crippen LogP contribution in [0.5, 0.6) is 0 Å². The molecule has 0 spiro atoms. The van der Waals surface area contributed by atoms with E-state index in [-0.39, 0.29) is 28.5 Å². The van der Waals surface area contributed by atoms with Crippen molar-refractivity contribution in [3.8, 4) is 0 Å². The molecule has 0 atom stereocenters. The van der Waals surface area contributed by atoms with Crippen molar-refractivity contribution in [2.24, 2.45) is 0 Å². The molecule has 10 heteroatoms. The second-order valence-corrected chi connectivity index (χ2v) is 8.34. The van der Waals surface area contributed by atoms with Crippen molar-refractivity contribution in [3.05, 3.63) is 59.1 Å². The first-order valence-corrected chi connectivity index (χ1v) is 10.5. The van der Waals surface area contributed by atoms with Crippen LogP contribution in [0.15, 0.2) is 53.4 Å². The summed E-state index contributed by atoms with van der Waals surface area (Å²) in [4.78, 5) is 37.0. The number of sulfonamides is 1. The Balaban J connectivity index is 1.72. The lowest BCUT2D eigenvalue weighted by Crippen LogP contribution is -2.35. The number of hydrogen-bond acceptors (Lipinski definition) is 6. The number of anilines is 1. The molecular weight excluding hydrogens is 420 g/mol. The van der Waals surface area contributed by atoms with Crippen molar-refractivity contribution in [3.63, 3.8) is 0 Å². The Hall–Kier alpha value is -2.91. The highest BCUT2D eigenvalue weighted by molar-refractivity contribution is 7.92. The topological polar surface area (TPSA) is 110 Å². The maximum atomic E-state index is 12.6. The van der Waals surface area contributed by atoms with E-state index >= 15 is 0 Å². The van der Waals surface area contributed by atoms with Gasteiger partial charge in [0.25, 0.3) is 15.9 Å². The summed E-state index contributed by atoms with van der Waals surface area (Å²) in [6, 6.07) is 11.4. The lowest BCUT2D eigenvalue weighted by atomic mass is 10.2. The number of carbonyl (C=O) groups is 3. The molecule has 2 aromatic carbocycles. The second-order valence-electron chi connectivity index (χ2n) is 6.22. The number of hydrogen-bond donors (Lipinski definition) is 1. The first-order chi connectivity index (χ1) is 13.8. The van der Waals surface area contributed by atoms with Gasteiger partial charge >= 0.3 is 5.97 Å². The molecule has 0 aliphatic carbocycles. The molecular formula is C19H17ClN2O6S. The van der Waals surface area contributed by atoms with E-state index in [0.29, 0.717) is 18.0 Å². The van der Waals surface area contributed by atoms with Gasteiger partial charge in [0.05, 0.1) is 16.1 Å². The van der Waals surface area contributed by atoms with E-state index in [1.165, 1.54) is 42.5 Å². The molecule has 1 aliphatic heterocycles. The van der Waals surface area contributed by atoms with Crippen LogP contribution in [-0.4, -0.2) is 44.3 Å². The van der Waals surface area contributed by atoms with Gasteiger partial charge in [-0.3, -0.25) is 19.2 Å². The maximum Gasteiger partial charge on any atom is 0.340 e. The number of nitrogens with zero attached hydrogens (tertiary/aromatic N) is 1. The lowest BCUT2D eigenvalue weighted by molar-refractivity contribution is -0.143. The van der Waals surface area contributed by atoms with E-state index in [1.54, 1.807) is 6.07 Å². The minimum absolute atomic E-state index is 0.00264. The van der Waals surface area contributed by atoms with E-state index in [4.69, 9.17) is 16.3 Å². The molecule has 0 saturated carbocycles. The van der Waals surface area contributed by atoms with Crippen LogP contribution in [-0.2, 0) is 24.3 Å². The standard InChI is InChI=1S/C19H17ClN2O6S/c20-13-7-9-14(10-8-13)29(26,27)21-16-5-2-1-4-15(16)19(25)28-12-18(24)22-11-3-6-17(22)23/h1-2,4-5,7-10,21H,3,6,11-12H2. The Morgan fingerprint density at radius 1 is 1.10 bits per heavy atom. The highest BCUT2D eigenvalue weighted by atomic mass is 35.5. The fourth-order valence-electron chi connectivity index (χ4n) is 2.76. The second kappa shape index (κ2) is 8.62. The Bertz CT molecular complexity index is 1050. The normalized spacial score (nSPS) is 14.0. The summed E-state index contributed by atoms with van der Waals surface area (Å²) < 4.78 is 32.4. The van der Waals surface area contributed by atoms with Gasteiger partial charge in [0.1, 0.15) is 0 Å². The van der Waals surface area contributed by atoms with Crippen molar-refractivity contribution >= 4 is 45.1 Å². The number of esters is 1. The fraction of sp³-hybridized carbons (Fsp3) is 0.211. The Kier molecular flexibility index (Phi) is 6.19. The van der Waals surface area contributed by atoms with Crippen LogP contribution in [0.4, 0.5) is 5.69 Å². The molecule has 0 radical (unpaired) electrons. The van der Waals surface area contributed by atoms with Crippen molar-refractivity contribution in [1.82, 2.24) is 4.90 Å². The number of rotatable bonds is 6. The average Bonchev–Trinajstić information content (AvgIpc) is 3.12. The van der Waals surface area contributed by atoms with Crippen LogP contribution in [0.3, 0.4) is 0 Å². The molecule has 3 rings (SSSR count). The third-order valence-electron chi connectivity index (χ3n) is 4.22. The molecule has 8 nitrogen and oxygen atoms in total. The molecule has 152 valence electrons. The SMILES string of the molecule is O=C(OCC(=O)N1CCCC1=O)c1ccccc1NS(=O)(=O)c1ccc(Cl)cc1. The van der Waals surface area contributed by atoms with Crippen LogP contribution in [0.2, 0.25) is 5.02 Å². The van der Waals surface area contributed by atoms with Crippen molar-refractivity contribution in [2.75, 3.05) is 17.9 Å². The molecule has 0 unspecified atom stereocenters. The van der Waals surface area contributed by atoms with Crippen molar-refractivity contribution < 1.29 is 27.5 Å². The number of likely N-dealkylation sites (tertiary alicyclic amines) is 1. The molecule has 29 heavy (non-hydrogen) atoms. The zero-order chi connectivity index (χ0) is 21.0. The van der Waals surface area contributed by atoms with Crippen LogP contribution >= 0.6 is 11.6 Å². The van der Waals surface area contributed by atoms with Crippen molar-refractivity contribution in [2.45, 2.75) is 17.7 Å². The summed E-state index contributed by atoms with van der Waals surface area (Å²) in [5.74, 6) is -1.80. The first-order valence-electron chi connectivity index (χ1n) is 8.66. The number of benzene rings is 2. The summed E-state index contributed by atoms with van der Waals surface area (Å²) in [5, 5.41) is 0.383. The van der Waals surface area contributed by atoms with E-state index in [2.05, 4.69) is 4.72 Å². The fourth-order valence-corrected chi connectivity index (χ4v) is 3.97. The Morgan fingerprint density at radius 2 is 1.79 bits per heavy atom. The zero-order valence-corrected chi connectivity index (χ0v) is 16.7. The predicted octanol–water partition coefficient (Wildman–Crippen LogP) is 2.45. The van der Waals surface area contributed by atoms with Gasteiger partial charge in [0.2, 0.25) is 5.91 Å². The predicted molar refractivity (Wildman–Crippen MR) is 105 cm³/mol. The number of amides is 2. The largest absolute Gasteiger partial charge is 0.452 e. The number of imide groups is 1. The molecule has 1 heterocycles. The number of halogens is 1. The van der Waals surface area contributed by atoms with E-state index in [9.17, 15) is 22.8 Å². The van der Waals surface area contributed by atoms with Crippen LogP contribution in [0, 0.1) is 0 Å². The molecule has 1 saturated heterocycles. The Morgan fingerprint density at radius 3 is 2.45 bits per heavy atom. The summed E-state index contributed by atoms with van der Waals surface area (Å²) >= 11 is 5.78. The maximum absolute atomic E-state index is 12.6. The molecule has 0 aromatic heterocycles. The third-order valence-corrected chi connectivity index (χ3v) is 5.85. The average molecular weight is 437 g/mol. The molecule has 2 aromatic rings. The number of nitrogens with one attached hydrogen (secondary N) is 1. The smallest absolute Gasteiger partial charge is 0.340 e. The van der Waals surface area contributed by atoms with Crippen molar-refractivity contribution in [1.29, 1.82) is 0 Å². The highest BCUT2D eigenvalue weighted by Crippen LogP contribution is 2.22. The highest BCUT2D eigenvalue weighted by Gasteiger charge is 2.27. The molecule has 0 bridgehead atoms. The minimum Gasteiger partial charge on any atom is -0.452 e. The first kappa shape index (κ1) is 20.8. The summed E-state index contributed by atoms with van der Waals surface area (Å²) in [5.41, 5.74) is -0.0669. The van der Waals surface area contributed by atoms with Gasteiger partial charge in [0, 0.05) is 18.0 Å². The summed E-state index contributed by atoms with van der Waals surface area (Å²) in [6.07, 6.45) is 0.864. The van der Waals surface area contributed by atoms with Gasteiger partial charge < -0.3 is 4.74 Å². The molecule has 2 amide bonds. The van der Waals surface area contributed by atoms with Crippen LogP contribution in [0.25, 0.3) is 0 Å². The zero-order valence-electron chi connectivity index (χ0n) is 15.1. The third kappa shape index (κ3) is 4.93. The van der Waals surface area contributed by atoms with Gasteiger partial charge in [-0.05, 0) is 42.8 Å². The van der Waals surface area contributed by atoms with E-state index in [1.807, 2.05) is 0 Å². The van der Waals surface area contributed by atoms with Crippen LogP contribution < -0.4 is 4.72 Å². The number of carbonyl (C=O) groups excluding carboxylic acids is 3. The quantitative estimate of drug-likeness (QED) is 0.696. The van der Waals surface area contributed by atoms with E-state index in [0.717, 1.165) is 4.90 Å². The number of ether oxygens (including phenoxy) is 1. The van der Waals surface area contributed by atoms with Gasteiger partial charge in [-0.15, -0.1) is 0 Å². The van der Waals surface area contributed by atoms with Crippen LogP contribution in [0.1, 0.15) is 23.2 Å². The lowest BCUT2D eigenvalue weighted by Gasteiger charge is -2.15. The summed E-state index contributed by atoms with van der Waals surface area (Å²) in [7, 11) is -3.97. The van der Waals surface area contributed by atoms with Gasteiger partial charge in [-0.25, -0.2) is 13.2 Å². The minimum atomic E-state index is -3.97. The Labute approximate surface area is 172 Å². The number of para-hydroxylation sites is 1.